The van der Waals surface area contributed by atoms with Gasteiger partial charge in [-0.2, -0.15) is 0 Å². The average Bonchev–Trinajstić information content (AvgIpc) is 3.27. The van der Waals surface area contributed by atoms with Crippen molar-refractivity contribution < 1.29 is 4.79 Å². The molecule has 1 aliphatic carbocycles. The van der Waals surface area contributed by atoms with E-state index in [1.807, 2.05) is 6.20 Å². The number of hydrogen-bond donors (Lipinski definition) is 1. The van der Waals surface area contributed by atoms with Gasteiger partial charge in [-0.1, -0.05) is 11.3 Å². The largest absolute Gasteiger partial charge is 0.335 e. The molecule has 2 aromatic heterocycles. The number of carbonyl (C=O) groups excluding carboxylic acids is 1. The summed E-state index contributed by atoms with van der Waals surface area (Å²) in [5.41, 5.74) is 0. The average molecular weight is 375 g/mol. The molecule has 4 rings (SSSR count). The summed E-state index contributed by atoms with van der Waals surface area (Å²) in [5.74, 6) is 2.42. The molecule has 140 valence electrons. The van der Waals surface area contributed by atoms with Crippen LogP contribution in [0.4, 0.5) is 5.13 Å². The van der Waals surface area contributed by atoms with Crippen LogP contribution in [0.2, 0.25) is 0 Å². The van der Waals surface area contributed by atoms with Gasteiger partial charge in [-0.15, -0.1) is 10.2 Å². The fourth-order valence-corrected chi connectivity index (χ4v) is 4.42. The first-order chi connectivity index (χ1) is 12.7. The zero-order valence-corrected chi connectivity index (χ0v) is 16.0. The number of nitrogens with one attached hydrogen (secondary N) is 1. The van der Waals surface area contributed by atoms with Gasteiger partial charge in [-0.25, -0.2) is 4.98 Å². The molecule has 3 heterocycles. The Kier molecular flexibility index (Phi) is 5.31. The van der Waals surface area contributed by atoms with Gasteiger partial charge in [-0.3, -0.25) is 4.79 Å². The Labute approximate surface area is 157 Å². The Bertz CT molecular complexity index is 744. The normalized spacial score (nSPS) is 19.0. The molecule has 0 bridgehead atoms. The van der Waals surface area contributed by atoms with E-state index in [1.165, 1.54) is 37.0 Å². The number of piperidine rings is 1. The summed E-state index contributed by atoms with van der Waals surface area (Å²) in [6.45, 7) is 6.06. The first-order valence-corrected chi connectivity index (χ1v) is 10.3. The van der Waals surface area contributed by atoms with Crippen LogP contribution in [0.15, 0.2) is 12.4 Å². The highest BCUT2D eigenvalue weighted by Gasteiger charge is 2.27. The number of hydrogen-bond acceptors (Lipinski definition) is 6. The molecule has 26 heavy (non-hydrogen) atoms. The Balaban J connectivity index is 1.16. The minimum absolute atomic E-state index is 0.0414. The molecule has 1 saturated heterocycles. The molecule has 7 nitrogen and oxygen atoms in total. The van der Waals surface area contributed by atoms with Gasteiger partial charge in [0.05, 0.1) is 0 Å². The lowest BCUT2D eigenvalue weighted by Gasteiger charge is -2.32. The molecule has 0 spiro atoms. The van der Waals surface area contributed by atoms with Crippen LogP contribution in [0.3, 0.4) is 0 Å². The van der Waals surface area contributed by atoms with Gasteiger partial charge < -0.3 is 14.8 Å². The van der Waals surface area contributed by atoms with Crippen molar-refractivity contribution in [2.24, 2.45) is 5.92 Å². The third-order valence-corrected chi connectivity index (χ3v) is 6.36. The Hall–Kier alpha value is -1.80. The van der Waals surface area contributed by atoms with Gasteiger partial charge in [-0.05, 0) is 51.6 Å². The highest BCUT2D eigenvalue weighted by Crippen LogP contribution is 2.42. The number of aryl methyl sites for hydroxylation is 1. The monoisotopic (exact) mass is 374 g/mol. The number of rotatable bonds is 7. The van der Waals surface area contributed by atoms with E-state index in [2.05, 4.69) is 43.1 Å². The summed E-state index contributed by atoms with van der Waals surface area (Å²) in [6.07, 6.45) is 9.23. The maximum Gasteiger partial charge on any atom is 0.227 e. The van der Waals surface area contributed by atoms with Crippen LogP contribution in [0.25, 0.3) is 0 Å². The number of nitrogens with zero attached hydrogens (tertiary/aromatic N) is 5. The van der Waals surface area contributed by atoms with Gasteiger partial charge in [0.25, 0.3) is 0 Å². The third kappa shape index (κ3) is 4.48. The lowest BCUT2D eigenvalue weighted by molar-refractivity contribution is -0.116. The van der Waals surface area contributed by atoms with Crippen LogP contribution in [0, 0.1) is 12.8 Å². The topological polar surface area (TPSA) is 75.9 Å². The molecule has 2 aromatic rings. The predicted molar refractivity (Wildman–Crippen MR) is 101 cm³/mol. The first kappa shape index (κ1) is 17.6. The minimum Gasteiger partial charge on any atom is -0.335 e. The van der Waals surface area contributed by atoms with Crippen molar-refractivity contribution in [3.8, 4) is 0 Å². The molecule has 0 unspecified atom stereocenters. The van der Waals surface area contributed by atoms with E-state index in [0.29, 0.717) is 23.4 Å². The van der Waals surface area contributed by atoms with Crippen molar-refractivity contribution in [2.45, 2.75) is 51.5 Å². The van der Waals surface area contributed by atoms with Crippen LogP contribution in [-0.4, -0.2) is 50.2 Å². The fourth-order valence-electron chi connectivity index (χ4n) is 3.49. The van der Waals surface area contributed by atoms with Crippen molar-refractivity contribution in [2.75, 3.05) is 25.0 Å². The minimum atomic E-state index is 0.0414. The maximum atomic E-state index is 12.2. The smallest absolute Gasteiger partial charge is 0.227 e. The molecule has 0 aromatic carbocycles. The quantitative estimate of drug-likeness (QED) is 0.806. The lowest BCUT2D eigenvalue weighted by Crippen LogP contribution is -2.36. The summed E-state index contributed by atoms with van der Waals surface area (Å²) < 4.78 is 2.24. The number of likely N-dealkylation sites (tertiary alicyclic amines) is 1. The SMILES string of the molecule is Cc1nccn1CC1CCN(CCC(=O)Nc2nnc(C3CC3)s2)CC1. The van der Waals surface area contributed by atoms with Gasteiger partial charge in [0.15, 0.2) is 0 Å². The van der Waals surface area contributed by atoms with Gasteiger partial charge in [0.1, 0.15) is 10.8 Å². The third-order valence-electron chi connectivity index (χ3n) is 5.35. The molecular weight excluding hydrogens is 348 g/mol. The van der Waals surface area contributed by atoms with Gasteiger partial charge >= 0.3 is 0 Å². The number of anilines is 1. The molecule has 0 radical (unpaired) electrons. The second-order valence-electron chi connectivity index (χ2n) is 7.43. The maximum absolute atomic E-state index is 12.2. The van der Waals surface area contributed by atoms with Gasteiger partial charge in [0, 0.05) is 37.8 Å². The van der Waals surface area contributed by atoms with Crippen molar-refractivity contribution >= 4 is 22.4 Å². The Morgan fingerprint density at radius 2 is 2.08 bits per heavy atom. The van der Waals surface area contributed by atoms with Crippen molar-refractivity contribution in [1.29, 1.82) is 0 Å². The molecule has 0 atom stereocenters. The first-order valence-electron chi connectivity index (χ1n) is 9.50. The Morgan fingerprint density at radius 1 is 1.27 bits per heavy atom. The summed E-state index contributed by atoms with van der Waals surface area (Å²) in [5, 5.41) is 12.9. The summed E-state index contributed by atoms with van der Waals surface area (Å²) in [4.78, 5) is 18.8. The lowest BCUT2D eigenvalue weighted by atomic mass is 9.96. The Morgan fingerprint density at radius 3 is 2.77 bits per heavy atom. The zero-order valence-electron chi connectivity index (χ0n) is 15.2. The van der Waals surface area contributed by atoms with Crippen LogP contribution in [-0.2, 0) is 11.3 Å². The van der Waals surface area contributed by atoms with Crippen molar-refractivity contribution in [3.63, 3.8) is 0 Å². The molecule has 1 aliphatic heterocycles. The standard InChI is InChI=1S/C18H26N6OS/c1-13-19-7-11-24(13)12-14-4-8-23(9-5-14)10-6-16(25)20-18-22-21-17(26-18)15-2-3-15/h7,11,14-15H,2-6,8-10,12H2,1H3,(H,20,22,25). The van der Waals surface area contributed by atoms with Crippen LogP contribution >= 0.6 is 11.3 Å². The van der Waals surface area contributed by atoms with Gasteiger partial charge in [0.2, 0.25) is 11.0 Å². The fraction of sp³-hybridized carbons (Fsp3) is 0.667. The van der Waals surface area contributed by atoms with Crippen molar-refractivity contribution in [1.82, 2.24) is 24.6 Å². The molecule has 2 fully saturated rings. The molecule has 1 amide bonds. The highest BCUT2D eigenvalue weighted by molar-refractivity contribution is 7.15. The van der Waals surface area contributed by atoms with E-state index >= 15 is 0 Å². The van der Waals surface area contributed by atoms with Crippen LogP contribution in [0.5, 0.6) is 0 Å². The van der Waals surface area contributed by atoms with E-state index in [1.54, 1.807) is 0 Å². The molecule has 8 heteroatoms. The number of imidazole rings is 1. The van der Waals surface area contributed by atoms with E-state index in [0.717, 1.165) is 37.0 Å². The van der Waals surface area contributed by atoms with Crippen LogP contribution in [0.1, 0.15) is 48.9 Å². The second-order valence-corrected chi connectivity index (χ2v) is 8.44. The number of aromatic nitrogens is 4. The highest BCUT2D eigenvalue weighted by atomic mass is 32.1. The van der Waals surface area contributed by atoms with E-state index < -0.39 is 0 Å². The number of amides is 1. The summed E-state index contributed by atoms with van der Waals surface area (Å²) in [7, 11) is 0. The molecule has 2 aliphatic rings. The predicted octanol–water partition coefficient (Wildman–Crippen LogP) is 2.66. The molecule has 1 saturated carbocycles. The summed E-state index contributed by atoms with van der Waals surface area (Å²) in [6, 6.07) is 0. The second kappa shape index (κ2) is 7.84. The van der Waals surface area contributed by atoms with Crippen molar-refractivity contribution in [3.05, 3.63) is 23.2 Å². The summed E-state index contributed by atoms with van der Waals surface area (Å²) >= 11 is 1.52. The van der Waals surface area contributed by atoms with E-state index in [4.69, 9.17) is 0 Å². The van der Waals surface area contributed by atoms with E-state index in [9.17, 15) is 4.79 Å². The zero-order chi connectivity index (χ0) is 17.9. The van der Waals surface area contributed by atoms with E-state index in [-0.39, 0.29) is 5.91 Å². The molecular formula is C18H26N6OS. The van der Waals surface area contributed by atoms with Crippen LogP contribution < -0.4 is 5.32 Å². The number of carbonyl (C=O) groups is 1. The molecule has 1 N–H and O–H groups in total.